The van der Waals surface area contributed by atoms with E-state index in [0.717, 1.165) is 5.56 Å². The molecule has 1 heterocycles. The standard InChI is InChI=1S/C17H19ClN2O3/c1-17(2,13-4-3-5-14(18)8-13)11-20-15(21)9-19-16(22)12-6-7-23-10-12/h3-8,10H,9,11H2,1-2H3,(H,19,22)(H,20,21). The minimum Gasteiger partial charge on any atom is -0.472 e. The Kier molecular flexibility index (Phi) is 5.45. The van der Waals surface area contributed by atoms with E-state index in [1.54, 1.807) is 0 Å². The van der Waals surface area contributed by atoms with Gasteiger partial charge in [0.1, 0.15) is 6.26 Å². The third-order valence-corrected chi connectivity index (χ3v) is 3.76. The molecule has 0 spiro atoms. The lowest BCUT2D eigenvalue weighted by atomic mass is 9.84. The highest BCUT2D eigenvalue weighted by Crippen LogP contribution is 2.24. The fourth-order valence-corrected chi connectivity index (χ4v) is 2.24. The van der Waals surface area contributed by atoms with Crippen LogP contribution in [0, 0.1) is 0 Å². The number of rotatable bonds is 6. The van der Waals surface area contributed by atoms with Gasteiger partial charge < -0.3 is 15.1 Å². The summed E-state index contributed by atoms with van der Waals surface area (Å²) in [4.78, 5) is 23.6. The summed E-state index contributed by atoms with van der Waals surface area (Å²) in [6.07, 6.45) is 2.73. The van der Waals surface area contributed by atoms with E-state index in [1.165, 1.54) is 18.6 Å². The van der Waals surface area contributed by atoms with E-state index in [0.29, 0.717) is 17.1 Å². The molecular formula is C17H19ClN2O3. The van der Waals surface area contributed by atoms with Gasteiger partial charge in [0.2, 0.25) is 5.91 Å². The molecule has 2 rings (SSSR count). The zero-order valence-electron chi connectivity index (χ0n) is 13.1. The van der Waals surface area contributed by atoms with Crippen LogP contribution in [0.3, 0.4) is 0 Å². The quantitative estimate of drug-likeness (QED) is 0.853. The smallest absolute Gasteiger partial charge is 0.254 e. The average molecular weight is 335 g/mol. The Morgan fingerprint density at radius 3 is 2.65 bits per heavy atom. The summed E-state index contributed by atoms with van der Waals surface area (Å²) in [7, 11) is 0. The van der Waals surface area contributed by atoms with E-state index in [-0.39, 0.29) is 23.8 Å². The van der Waals surface area contributed by atoms with Gasteiger partial charge in [-0.25, -0.2) is 0 Å². The van der Waals surface area contributed by atoms with Crippen molar-refractivity contribution in [2.45, 2.75) is 19.3 Å². The molecule has 122 valence electrons. The average Bonchev–Trinajstić information content (AvgIpc) is 3.05. The summed E-state index contributed by atoms with van der Waals surface area (Å²) < 4.78 is 4.82. The van der Waals surface area contributed by atoms with E-state index in [2.05, 4.69) is 10.6 Å². The van der Waals surface area contributed by atoms with Crippen molar-refractivity contribution in [1.29, 1.82) is 0 Å². The fourth-order valence-electron chi connectivity index (χ4n) is 2.05. The minimum absolute atomic E-state index is 0.0877. The second-order valence-corrected chi connectivity index (χ2v) is 6.30. The van der Waals surface area contributed by atoms with Crippen LogP contribution in [0.25, 0.3) is 0 Å². The molecule has 5 nitrogen and oxygen atoms in total. The Morgan fingerprint density at radius 2 is 2.00 bits per heavy atom. The first-order valence-electron chi connectivity index (χ1n) is 7.21. The molecule has 0 fully saturated rings. The van der Waals surface area contributed by atoms with E-state index in [1.807, 2.05) is 38.1 Å². The fraction of sp³-hybridized carbons (Fsp3) is 0.294. The summed E-state index contributed by atoms with van der Waals surface area (Å²) >= 11 is 6.00. The molecule has 2 N–H and O–H groups in total. The number of hydrogen-bond acceptors (Lipinski definition) is 3. The zero-order chi connectivity index (χ0) is 16.9. The molecule has 0 unspecified atom stereocenters. The van der Waals surface area contributed by atoms with Crippen LogP contribution in [0.2, 0.25) is 5.02 Å². The van der Waals surface area contributed by atoms with Crippen molar-refractivity contribution < 1.29 is 14.0 Å². The minimum atomic E-state index is -0.344. The number of carbonyl (C=O) groups is 2. The van der Waals surface area contributed by atoms with Crippen molar-refractivity contribution in [2.75, 3.05) is 13.1 Å². The number of furan rings is 1. The lowest BCUT2D eigenvalue weighted by Gasteiger charge is -2.26. The van der Waals surface area contributed by atoms with Crippen molar-refractivity contribution in [3.05, 3.63) is 59.0 Å². The van der Waals surface area contributed by atoms with E-state index >= 15 is 0 Å². The topological polar surface area (TPSA) is 71.3 Å². The van der Waals surface area contributed by atoms with Gasteiger partial charge in [-0.1, -0.05) is 37.6 Å². The Balaban J connectivity index is 1.82. The number of nitrogens with one attached hydrogen (secondary N) is 2. The third-order valence-electron chi connectivity index (χ3n) is 3.53. The normalized spacial score (nSPS) is 11.1. The van der Waals surface area contributed by atoms with Crippen molar-refractivity contribution in [2.24, 2.45) is 0 Å². The van der Waals surface area contributed by atoms with Gasteiger partial charge in [0.15, 0.2) is 0 Å². The highest BCUT2D eigenvalue weighted by atomic mass is 35.5. The summed E-state index contributed by atoms with van der Waals surface area (Å²) in [5, 5.41) is 6.02. The Morgan fingerprint density at radius 1 is 1.22 bits per heavy atom. The molecule has 2 amide bonds. The van der Waals surface area contributed by atoms with Gasteiger partial charge in [0.05, 0.1) is 18.4 Å². The lowest BCUT2D eigenvalue weighted by Crippen LogP contribution is -2.42. The van der Waals surface area contributed by atoms with Gasteiger partial charge in [0, 0.05) is 17.0 Å². The molecule has 0 bridgehead atoms. The van der Waals surface area contributed by atoms with E-state index < -0.39 is 0 Å². The number of amides is 2. The van der Waals surface area contributed by atoms with Gasteiger partial charge in [0.25, 0.3) is 5.91 Å². The monoisotopic (exact) mass is 334 g/mol. The second kappa shape index (κ2) is 7.33. The zero-order valence-corrected chi connectivity index (χ0v) is 13.8. The predicted molar refractivity (Wildman–Crippen MR) is 88.5 cm³/mol. The van der Waals surface area contributed by atoms with Crippen LogP contribution >= 0.6 is 11.6 Å². The van der Waals surface area contributed by atoms with Crippen molar-refractivity contribution in [3.63, 3.8) is 0 Å². The van der Waals surface area contributed by atoms with Crippen LogP contribution in [-0.2, 0) is 10.2 Å². The van der Waals surface area contributed by atoms with Crippen molar-refractivity contribution in [3.8, 4) is 0 Å². The highest BCUT2D eigenvalue weighted by molar-refractivity contribution is 6.30. The van der Waals surface area contributed by atoms with Gasteiger partial charge in [-0.3, -0.25) is 9.59 Å². The number of benzene rings is 1. The molecule has 6 heteroatoms. The van der Waals surface area contributed by atoms with Gasteiger partial charge >= 0.3 is 0 Å². The molecule has 0 atom stereocenters. The summed E-state index contributed by atoms with van der Waals surface area (Å²) in [5.74, 6) is -0.597. The van der Waals surface area contributed by atoms with E-state index in [9.17, 15) is 9.59 Å². The van der Waals surface area contributed by atoms with Crippen LogP contribution in [0.4, 0.5) is 0 Å². The molecule has 0 radical (unpaired) electrons. The summed E-state index contributed by atoms with van der Waals surface area (Å²) in [6, 6.07) is 9.08. The molecule has 0 saturated carbocycles. The molecule has 1 aromatic heterocycles. The van der Waals surface area contributed by atoms with Gasteiger partial charge in [-0.05, 0) is 23.8 Å². The maximum Gasteiger partial charge on any atom is 0.254 e. The first kappa shape index (κ1) is 17.1. The largest absolute Gasteiger partial charge is 0.472 e. The van der Waals surface area contributed by atoms with Crippen molar-refractivity contribution >= 4 is 23.4 Å². The Bertz CT molecular complexity index is 681. The first-order chi connectivity index (χ1) is 10.9. The van der Waals surface area contributed by atoms with Crippen LogP contribution in [0.15, 0.2) is 47.3 Å². The number of hydrogen-bond donors (Lipinski definition) is 2. The van der Waals surface area contributed by atoms with Crippen molar-refractivity contribution in [1.82, 2.24) is 10.6 Å². The number of halogens is 1. The van der Waals surface area contributed by atoms with E-state index in [4.69, 9.17) is 16.0 Å². The maximum absolute atomic E-state index is 11.9. The molecule has 0 aliphatic carbocycles. The molecule has 0 aliphatic rings. The molecule has 0 aliphatic heterocycles. The highest BCUT2D eigenvalue weighted by Gasteiger charge is 2.21. The molecular weight excluding hydrogens is 316 g/mol. The van der Waals surface area contributed by atoms with Crippen LogP contribution in [0.5, 0.6) is 0 Å². The first-order valence-corrected chi connectivity index (χ1v) is 7.59. The third kappa shape index (κ3) is 4.86. The summed E-state index contributed by atoms with van der Waals surface area (Å²) in [6.45, 7) is 4.38. The molecule has 0 saturated heterocycles. The van der Waals surface area contributed by atoms with Gasteiger partial charge in [-0.15, -0.1) is 0 Å². The molecule has 2 aromatic rings. The number of carbonyl (C=O) groups excluding carboxylic acids is 2. The van der Waals surface area contributed by atoms with Gasteiger partial charge in [-0.2, -0.15) is 0 Å². The SMILES string of the molecule is CC(C)(CNC(=O)CNC(=O)c1ccoc1)c1cccc(Cl)c1. The lowest BCUT2D eigenvalue weighted by molar-refractivity contribution is -0.120. The molecule has 1 aromatic carbocycles. The predicted octanol–water partition coefficient (Wildman–Crippen LogP) is 2.76. The Hall–Kier alpha value is -2.27. The second-order valence-electron chi connectivity index (χ2n) is 5.87. The maximum atomic E-state index is 11.9. The van der Waals surface area contributed by atoms with Crippen LogP contribution in [-0.4, -0.2) is 24.9 Å². The van der Waals surface area contributed by atoms with Crippen LogP contribution < -0.4 is 10.6 Å². The summed E-state index contributed by atoms with van der Waals surface area (Å²) in [5.41, 5.74) is 1.15. The van der Waals surface area contributed by atoms with Crippen LogP contribution in [0.1, 0.15) is 29.8 Å². The Labute approximate surface area is 140 Å². The molecule has 23 heavy (non-hydrogen) atoms.